The maximum Gasteiger partial charge on any atom is 0.308 e. The van der Waals surface area contributed by atoms with E-state index in [1.165, 1.54) is 31.2 Å². The van der Waals surface area contributed by atoms with Gasteiger partial charge in [-0.3, -0.25) is 14.4 Å². The Labute approximate surface area is 115 Å². The number of hydrogen-bond donors (Lipinski definition) is 3. The van der Waals surface area contributed by atoms with Gasteiger partial charge in [-0.15, -0.1) is 0 Å². The van der Waals surface area contributed by atoms with Crippen LogP contribution in [-0.4, -0.2) is 36.0 Å². The Morgan fingerprint density at radius 2 is 1.90 bits per heavy atom. The van der Waals surface area contributed by atoms with Crippen LogP contribution in [-0.2, 0) is 9.59 Å². The number of hydrogen-bond acceptors (Lipinski definition) is 4. The second kappa shape index (κ2) is 7.13. The monoisotopic (exact) mass is 280 g/mol. The Balaban J connectivity index is 2.53. The van der Waals surface area contributed by atoms with Crippen LogP contribution in [0.25, 0.3) is 0 Å². The maximum absolute atomic E-state index is 11.7. The minimum absolute atomic E-state index is 0.0497. The van der Waals surface area contributed by atoms with Crippen molar-refractivity contribution in [3.8, 4) is 5.75 Å². The largest absolute Gasteiger partial charge is 0.484 e. The summed E-state index contributed by atoms with van der Waals surface area (Å²) in [5.74, 6) is -2.18. The third-order valence-electron chi connectivity index (χ3n) is 2.49. The average molecular weight is 280 g/mol. The van der Waals surface area contributed by atoms with Gasteiger partial charge < -0.3 is 20.9 Å². The standard InChI is InChI=1S/C13H16N2O5/c1-8(13(18)19)6-15-12(17)9-2-4-10(5-3-9)20-7-11(14)16/h2-5,8H,6-7H2,1H3,(H2,14,16)(H,15,17)(H,18,19). The van der Waals surface area contributed by atoms with Crippen LogP contribution in [0, 0.1) is 5.92 Å². The highest BCUT2D eigenvalue weighted by atomic mass is 16.5. The second-order valence-corrected chi connectivity index (χ2v) is 4.23. The molecule has 0 fully saturated rings. The Bertz CT molecular complexity index is 498. The molecule has 0 saturated carbocycles. The van der Waals surface area contributed by atoms with Crippen LogP contribution in [0.5, 0.6) is 5.75 Å². The predicted molar refractivity (Wildman–Crippen MR) is 70.3 cm³/mol. The molecule has 7 nitrogen and oxygen atoms in total. The van der Waals surface area contributed by atoms with Crippen molar-refractivity contribution in [3.63, 3.8) is 0 Å². The fraction of sp³-hybridized carbons (Fsp3) is 0.308. The molecule has 1 unspecified atom stereocenters. The van der Waals surface area contributed by atoms with E-state index in [9.17, 15) is 14.4 Å². The topological polar surface area (TPSA) is 119 Å². The Kier molecular flexibility index (Phi) is 5.52. The van der Waals surface area contributed by atoms with Gasteiger partial charge in [0.15, 0.2) is 6.61 Å². The number of aliphatic carboxylic acids is 1. The lowest BCUT2D eigenvalue weighted by Crippen LogP contribution is -2.31. The summed E-state index contributed by atoms with van der Waals surface area (Å²) < 4.78 is 5.05. The summed E-state index contributed by atoms with van der Waals surface area (Å²) in [4.78, 5) is 32.9. The van der Waals surface area contributed by atoms with Crippen LogP contribution in [0.4, 0.5) is 0 Å². The molecule has 4 N–H and O–H groups in total. The zero-order chi connectivity index (χ0) is 15.1. The second-order valence-electron chi connectivity index (χ2n) is 4.23. The van der Waals surface area contributed by atoms with Crippen LogP contribution in [0.3, 0.4) is 0 Å². The van der Waals surface area contributed by atoms with Gasteiger partial charge in [-0.05, 0) is 24.3 Å². The first-order valence-corrected chi connectivity index (χ1v) is 5.92. The number of rotatable bonds is 7. The van der Waals surface area contributed by atoms with Gasteiger partial charge in [0.05, 0.1) is 5.92 Å². The van der Waals surface area contributed by atoms with Gasteiger partial charge in [0, 0.05) is 12.1 Å². The van der Waals surface area contributed by atoms with Gasteiger partial charge in [-0.1, -0.05) is 6.92 Å². The first-order chi connectivity index (χ1) is 9.40. The molecule has 1 rings (SSSR count). The lowest BCUT2D eigenvalue weighted by molar-refractivity contribution is -0.140. The van der Waals surface area contributed by atoms with E-state index in [1.807, 2.05) is 0 Å². The third kappa shape index (κ3) is 4.97. The van der Waals surface area contributed by atoms with E-state index < -0.39 is 17.8 Å². The van der Waals surface area contributed by atoms with Crippen LogP contribution in [0.2, 0.25) is 0 Å². The highest BCUT2D eigenvalue weighted by molar-refractivity contribution is 5.94. The molecule has 0 saturated heterocycles. The average Bonchev–Trinajstić information content (AvgIpc) is 2.42. The van der Waals surface area contributed by atoms with Crippen molar-refractivity contribution in [2.45, 2.75) is 6.92 Å². The van der Waals surface area contributed by atoms with E-state index in [2.05, 4.69) is 5.32 Å². The molecule has 20 heavy (non-hydrogen) atoms. The van der Waals surface area contributed by atoms with Gasteiger partial charge in [-0.25, -0.2) is 0 Å². The van der Waals surface area contributed by atoms with Crippen molar-refractivity contribution in [2.24, 2.45) is 11.7 Å². The molecular weight excluding hydrogens is 264 g/mol. The van der Waals surface area contributed by atoms with E-state index in [-0.39, 0.29) is 19.1 Å². The normalized spacial score (nSPS) is 11.4. The van der Waals surface area contributed by atoms with Crippen LogP contribution in [0.15, 0.2) is 24.3 Å². The van der Waals surface area contributed by atoms with Gasteiger partial charge >= 0.3 is 5.97 Å². The summed E-state index contributed by atoms with van der Waals surface area (Å²) in [6.07, 6.45) is 0. The highest BCUT2D eigenvalue weighted by Crippen LogP contribution is 2.12. The fourth-order valence-corrected chi connectivity index (χ4v) is 1.29. The van der Waals surface area contributed by atoms with Crippen LogP contribution < -0.4 is 15.8 Å². The summed E-state index contributed by atoms with van der Waals surface area (Å²) in [6, 6.07) is 6.07. The summed E-state index contributed by atoms with van der Waals surface area (Å²) in [5, 5.41) is 11.2. The fourth-order valence-electron chi connectivity index (χ4n) is 1.29. The molecule has 1 atom stereocenters. The molecule has 0 radical (unpaired) electrons. The predicted octanol–water partition coefficient (Wildman–Crippen LogP) is 0.00120. The number of benzene rings is 1. The molecule has 0 aromatic heterocycles. The molecule has 1 aromatic rings. The molecule has 1 aromatic carbocycles. The number of carbonyl (C=O) groups excluding carboxylic acids is 2. The number of primary amides is 1. The first-order valence-electron chi connectivity index (χ1n) is 5.92. The molecule has 2 amide bonds. The van der Waals surface area contributed by atoms with Crippen molar-refractivity contribution >= 4 is 17.8 Å². The zero-order valence-corrected chi connectivity index (χ0v) is 11.0. The maximum atomic E-state index is 11.7. The van der Waals surface area contributed by atoms with Gasteiger partial charge in [0.1, 0.15) is 5.75 Å². The summed E-state index contributed by atoms with van der Waals surface area (Å²) in [6.45, 7) is 1.32. The van der Waals surface area contributed by atoms with Gasteiger partial charge in [0.2, 0.25) is 0 Å². The van der Waals surface area contributed by atoms with Crippen LogP contribution >= 0.6 is 0 Å². The molecule has 0 aliphatic heterocycles. The third-order valence-corrected chi connectivity index (χ3v) is 2.49. The summed E-state index contributed by atoms with van der Waals surface area (Å²) >= 11 is 0. The molecule has 0 bridgehead atoms. The lowest BCUT2D eigenvalue weighted by Gasteiger charge is -2.09. The van der Waals surface area contributed by atoms with Crippen molar-refractivity contribution in [1.29, 1.82) is 0 Å². The number of nitrogens with two attached hydrogens (primary N) is 1. The minimum atomic E-state index is -0.972. The van der Waals surface area contributed by atoms with Crippen molar-refractivity contribution in [2.75, 3.05) is 13.2 Å². The number of carboxylic acids is 1. The van der Waals surface area contributed by atoms with E-state index in [1.54, 1.807) is 0 Å². The minimum Gasteiger partial charge on any atom is -0.484 e. The van der Waals surface area contributed by atoms with E-state index in [4.69, 9.17) is 15.6 Å². The molecule has 108 valence electrons. The molecule has 0 heterocycles. The van der Waals surface area contributed by atoms with Crippen molar-refractivity contribution in [3.05, 3.63) is 29.8 Å². The molecule has 0 aliphatic carbocycles. The van der Waals surface area contributed by atoms with E-state index >= 15 is 0 Å². The highest BCUT2D eigenvalue weighted by Gasteiger charge is 2.13. The molecule has 0 aliphatic rings. The Hall–Kier alpha value is -2.57. The Morgan fingerprint density at radius 1 is 1.30 bits per heavy atom. The summed E-state index contributed by atoms with van der Waals surface area (Å²) in [7, 11) is 0. The van der Waals surface area contributed by atoms with E-state index in [0.717, 1.165) is 0 Å². The first kappa shape index (κ1) is 15.5. The number of carbonyl (C=O) groups is 3. The summed E-state index contributed by atoms with van der Waals surface area (Å²) in [5.41, 5.74) is 5.30. The quantitative estimate of drug-likeness (QED) is 0.649. The lowest BCUT2D eigenvalue weighted by atomic mass is 10.1. The van der Waals surface area contributed by atoms with Gasteiger partial charge in [0.25, 0.3) is 11.8 Å². The number of carboxylic acid groups (broad SMARTS) is 1. The SMILES string of the molecule is CC(CNC(=O)c1ccc(OCC(N)=O)cc1)C(=O)O. The van der Waals surface area contributed by atoms with Crippen molar-refractivity contribution < 1.29 is 24.2 Å². The van der Waals surface area contributed by atoms with E-state index in [0.29, 0.717) is 11.3 Å². The molecular formula is C13H16N2O5. The van der Waals surface area contributed by atoms with Crippen LogP contribution in [0.1, 0.15) is 17.3 Å². The molecule has 0 spiro atoms. The van der Waals surface area contributed by atoms with Gasteiger partial charge in [-0.2, -0.15) is 0 Å². The van der Waals surface area contributed by atoms with Crippen molar-refractivity contribution in [1.82, 2.24) is 5.32 Å². The number of amides is 2. The Morgan fingerprint density at radius 3 is 2.40 bits per heavy atom. The zero-order valence-electron chi connectivity index (χ0n) is 11.0. The number of nitrogens with one attached hydrogen (secondary N) is 1. The smallest absolute Gasteiger partial charge is 0.308 e. The number of ether oxygens (including phenoxy) is 1. The molecule has 7 heteroatoms.